The summed E-state index contributed by atoms with van der Waals surface area (Å²) in [5.74, 6) is -4.95. The molecule has 0 radical (unpaired) electrons. The van der Waals surface area contributed by atoms with Crippen molar-refractivity contribution in [3.8, 4) is 0 Å². The van der Waals surface area contributed by atoms with Crippen LogP contribution in [0, 0.1) is 0 Å². The molecule has 98 valence electrons. The fraction of sp³-hybridized carbons (Fsp3) is 0.333. The van der Waals surface area contributed by atoms with Gasteiger partial charge in [0.25, 0.3) is 0 Å². The molecule has 0 fully saturated rings. The van der Waals surface area contributed by atoms with E-state index < -0.39 is 18.1 Å². The summed E-state index contributed by atoms with van der Waals surface area (Å²) in [6.07, 6.45) is -5.66. The lowest BCUT2D eigenvalue weighted by atomic mass is 10.0. The molecule has 1 aromatic carbocycles. The smallest absolute Gasteiger partial charge is 0.319 e. The Kier molecular flexibility index (Phi) is 5.37. The first-order valence-electron chi connectivity index (χ1n) is 4.12. The maximum atomic E-state index is 12.9. The molecule has 0 spiro atoms. The fourth-order valence-electron chi connectivity index (χ4n) is 1.09. The molecule has 0 aromatic heterocycles. The van der Waals surface area contributed by atoms with Gasteiger partial charge in [0.15, 0.2) is 0 Å². The van der Waals surface area contributed by atoms with Crippen molar-refractivity contribution >= 4 is 28.3 Å². The number of alkyl halides is 5. The second kappa shape index (κ2) is 5.49. The normalized spacial score (nSPS) is 14.1. The Morgan fingerprint density at radius 1 is 1.12 bits per heavy atom. The topological polar surface area (TPSA) is 26.0 Å². The second-order valence-electron chi connectivity index (χ2n) is 3.15. The standard InChI is InChI=1S/C9H7BrF5N.ClH/c10-6-3-1-2-5(4-6)7(16)8(11,12)9(13,14)15;/h1-4,7H,16H2;1H/t7-;/m1./s1. The van der Waals surface area contributed by atoms with Crippen LogP contribution in [0.3, 0.4) is 0 Å². The first kappa shape index (κ1) is 16.6. The molecule has 0 saturated carbocycles. The molecule has 1 rings (SSSR count). The van der Waals surface area contributed by atoms with Crippen LogP contribution in [0.25, 0.3) is 0 Å². The third-order valence-corrected chi connectivity index (χ3v) is 2.47. The zero-order valence-corrected chi connectivity index (χ0v) is 10.5. The maximum Gasteiger partial charge on any atom is 0.455 e. The van der Waals surface area contributed by atoms with E-state index in [0.717, 1.165) is 12.1 Å². The molecule has 1 atom stereocenters. The summed E-state index contributed by atoms with van der Waals surface area (Å²) in [5, 5.41) is 0. The summed E-state index contributed by atoms with van der Waals surface area (Å²) in [4.78, 5) is 0. The molecule has 0 saturated heterocycles. The van der Waals surface area contributed by atoms with Gasteiger partial charge in [-0.2, -0.15) is 22.0 Å². The van der Waals surface area contributed by atoms with Crippen molar-refractivity contribution in [3.63, 3.8) is 0 Å². The third-order valence-electron chi connectivity index (χ3n) is 1.98. The van der Waals surface area contributed by atoms with Gasteiger partial charge in [-0.3, -0.25) is 0 Å². The quantitative estimate of drug-likeness (QED) is 0.807. The first-order valence-corrected chi connectivity index (χ1v) is 4.91. The van der Waals surface area contributed by atoms with Gasteiger partial charge in [-0.25, -0.2) is 0 Å². The molecule has 1 nitrogen and oxygen atoms in total. The molecule has 1 aromatic rings. The molecule has 0 aliphatic heterocycles. The summed E-state index contributed by atoms with van der Waals surface area (Å²) in [5.41, 5.74) is 4.66. The lowest BCUT2D eigenvalue weighted by molar-refractivity contribution is -0.291. The Morgan fingerprint density at radius 2 is 1.65 bits per heavy atom. The van der Waals surface area contributed by atoms with E-state index >= 15 is 0 Å². The third kappa shape index (κ3) is 3.53. The van der Waals surface area contributed by atoms with Crippen LogP contribution in [0.4, 0.5) is 22.0 Å². The van der Waals surface area contributed by atoms with Crippen molar-refractivity contribution in [1.29, 1.82) is 0 Å². The maximum absolute atomic E-state index is 12.9. The van der Waals surface area contributed by atoms with Gasteiger partial charge in [0.2, 0.25) is 0 Å². The van der Waals surface area contributed by atoms with Crippen molar-refractivity contribution in [1.82, 2.24) is 0 Å². The van der Waals surface area contributed by atoms with Crippen molar-refractivity contribution < 1.29 is 22.0 Å². The molecular formula is C9H8BrClF5N. The molecule has 8 heteroatoms. The average Bonchev–Trinajstić information content (AvgIpc) is 2.14. The minimum absolute atomic E-state index is 0. The number of benzene rings is 1. The highest BCUT2D eigenvalue weighted by Crippen LogP contribution is 2.43. The predicted molar refractivity (Wildman–Crippen MR) is 59.3 cm³/mol. The predicted octanol–water partition coefficient (Wildman–Crippen LogP) is 4.07. The number of halogens is 7. The molecule has 0 unspecified atom stereocenters. The van der Waals surface area contributed by atoms with Gasteiger partial charge in [-0.05, 0) is 17.7 Å². The molecular weight excluding hydrogens is 332 g/mol. The van der Waals surface area contributed by atoms with Gasteiger partial charge < -0.3 is 5.73 Å². The minimum Gasteiger partial charge on any atom is -0.319 e. The molecule has 0 bridgehead atoms. The van der Waals surface area contributed by atoms with Crippen molar-refractivity contribution in [3.05, 3.63) is 34.3 Å². The van der Waals surface area contributed by atoms with Gasteiger partial charge in [0.1, 0.15) is 6.04 Å². The number of hydrogen-bond acceptors (Lipinski definition) is 1. The molecule has 2 N–H and O–H groups in total. The summed E-state index contributed by atoms with van der Waals surface area (Å²) >= 11 is 2.97. The average molecular weight is 341 g/mol. The van der Waals surface area contributed by atoms with Gasteiger partial charge in [-0.1, -0.05) is 28.1 Å². The van der Waals surface area contributed by atoms with E-state index in [2.05, 4.69) is 15.9 Å². The summed E-state index contributed by atoms with van der Waals surface area (Å²) in [6.45, 7) is 0. The van der Waals surface area contributed by atoms with Gasteiger partial charge in [0.05, 0.1) is 0 Å². The van der Waals surface area contributed by atoms with E-state index in [0.29, 0.717) is 4.47 Å². The zero-order chi connectivity index (χ0) is 12.6. The first-order chi connectivity index (χ1) is 7.16. The zero-order valence-electron chi connectivity index (χ0n) is 8.14. The molecule has 0 aliphatic rings. The highest BCUT2D eigenvalue weighted by Gasteiger charge is 2.61. The highest BCUT2D eigenvalue weighted by molar-refractivity contribution is 9.10. The van der Waals surface area contributed by atoms with Crippen LogP contribution < -0.4 is 5.73 Å². The summed E-state index contributed by atoms with van der Waals surface area (Å²) in [6, 6.07) is 2.68. The monoisotopic (exact) mass is 339 g/mol. The van der Waals surface area contributed by atoms with Crippen LogP contribution in [0.5, 0.6) is 0 Å². The fourth-order valence-corrected chi connectivity index (χ4v) is 1.50. The van der Waals surface area contributed by atoms with E-state index in [1.165, 1.54) is 12.1 Å². The highest BCUT2D eigenvalue weighted by atomic mass is 79.9. The van der Waals surface area contributed by atoms with Crippen molar-refractivity contribution in [2.75, 3.05) is 0 Å². The second-order valence-corrected chi connectivity index (χ2v) is 4.07. The Hall–Kier alpha value is -0.400. The van der Waals surface area contributed by atoms with E-state index in [9.17, 15) is 22.0 Å². The van der Waals surface area contributed by atoms with Gasteiger partial charge in [0, 0.05) is 4.47 Å². The van der Waals surface area contributed by atoms with Crippen LogP contribution >= 0.6 is 28.3 Å². The Morgan fingerprint density at radius 3 is 2.06 bits per heavy atom. The van der Waals surface area contributed by atoms with E-state index in [1.54, 1.807) is 0 Å². The van der Waals surface area contributed by atoms with Gasteiger partial charge in [-0.15, -0.1) is 12.4 Å². The van der Waals surface area contributed by atoms with E-state index in [1.807, 2.05) is 0 Å². The van der Waals surface area contributed by atoms with Gasteiger partial charge >= 0.3 is 12.1 Å². The largest absolute Gasteiger partial charge is 0.455 e. The number of hydrogen-bond donors (Lipinski definition) is 1. The van der Waals surface area contributed by atoms with Crippen LogP contribution in [0.15, 0.2) is 28.7 Å². The Bertz CT molecular complexity index is 382. The summed E-state index contributed by atoms with van der Waals surface area (Å²) < 4.78 is 62.2. The Balaban J connectivity index is 0.00000256. The molecule has 17 heavy (non-hydrogen) atoms. The van der Waals surface area contributed by atoms with E-state index in [-0.39, 0.29) is 18.0 Å². The van der Waals surface area contributed by atoms with Crippen LogP contribution in [0.1, 0.15) is 11.6 Å². The van der Waals surface area contributed by atoms with Crippen LogP contribution in [-0.2, 0) is 0 Å². The molecule has 0 heterocycles. The molecule has 0 aliphatic carbocycles. The Labute approximate surface area is 109 Å². The summed E-state index contributed by atoms with van der Waals surface area (Å²) in [7, 11) is 0. The van der Waals surface area contributed by atoms with Crippen molar-refractivity contribution in [2.24, 2.45) is 5.73 Å². The van der Waals surface area contributed by atoms with Crippen LogP contribution in [-0.4, -0.2) is 12.1 Å². The number of rotatable bonds is 2. The molecule has 0 amide bonds. The SMILES string of the molecule is Cl.N[C@H](c1cccc(Br)c1)C(F)(F)C(F)(F)F. The van der Waals surface area contributed by atoms with E-state index in [4.69, 9.17) is 5.73 Å². The minimum atomic E-state index is -5.66. The number of nitrogens with two attached hydrogens (primary N) is 1. The lowest BCUT2D eigenvalue weighted by Gasteiger charge is -2.25. The van der Waals surface area contributed by atoms with Crippen molar-refractivity contribution in [2.45, 2.75) is 18.1 Å². The lowest BCUT2D eigenvalue weighted by Crippen LogP contribution is -2.45. The van der Waals surface area contributed by atoms with Crippen LogP contribution in [0.2, 0.25) is 0 Å².